The summed E-state index contributed by atoms with van der Waals surface area (Å²) in [5.74, 6) is 0. The number of hydrogen-bond acceptors (Lipinski definition) is 1. The van der Waals surface area contributed by atoms with E-state index in [0.717, 1.165) is 16.1 Å². The summed E-state index contributed by atoms with van der Waals surface area (Å²) in [6.45, 7) is 1.95. The van der Waals surface area contributed by atoms with Gasteiger partial charge < -0.3 is 0 Å². The van der Waals surface area contributed by atoms with E-state index in [0.29, 0.717) is 6.42 Å². The predicted octanol–water partition coefficient (Wildman–Crippen LogP) is 4.36. The van der Waals surface area contributed by atoms with Crippen LogP contribution in [-0.2, 0) is 11.8 Å². The van der Waals surface area contributed by atoms with Crippen LogP contribution in [0.2, 0.25) is 5.02 Å². The second-order valence-corrected chi connectivity index (χ2v) is 4.99. The molecule has 0 aliphatic rings. The maximum absolute atomic E-state index is 9.50. The van der Waals surface area contributed by atoms with Crippen LogP contribution in [0.5, 0.6) is 0 Å². The molecule has 0 saturated heterocycles. The molecular formula is C16H14ClN. The molecule has 90 valence electrons. The lowest BCUT2D eigenvalue weighted by Crippen LogP contribution is -2.22. The van der Waals surface area contributed by atoms with E-state index in [2.05, 4.69) is 6.07 Å². The van der Waals surface area contributed by atoms with E-state index in [1.165, 1.54) is 0 Å². The third kappa shape index (κ3) is 2.55. The number of benzene rings is 2. The van der Waals surface area contributed by atoms with Crippen molar-refractivity contribution in [3.05, 3.63) is 70.7 Å². The van der Waals surface area contributed by atoms with Gasteiger partial charge in [-0.3, -0.25) is 0 Å². The lowest BCUT2D eigenvalue weighted by molar-refractivity contribution is 0.606. The van der Waals surface area contributed by atoms with Crippen molar-refractivity contribution in [1.82, 2.24) is 0 Å². The van der Waals surface area contributed by atoms with Crippen LogP contribution in [0.15, 0.2) is 54.6 Å². The van der Waals surface area contributed by atoms with E-state index in [1.807, 2.05) is 61.5 Å². The van der Waals surface area contributed by atoms with Gasteiger partial charge in [0.15, 0.2) is 0 Å². The van der Waals surface area contributed by atoms with Crippen LogP contribution >= 0.6 is 11.6 Å². The molecule has 2 aromatic carbocycles. The van der Waals surface area contributed by atoms with Gasteiger partial charge in [-0.05, 0) is 30.5 Å². The van der Waals surface area contributed by atoms with Crippen LogP contribution in [0.1, 0.15) is 18.1 Å². The van der Waals surface area contributed by atoms with Crippen molar-refractivity contribution < 1.29 is 0 Å². The highest BCUT2D eigenvalue weighted by atomic mass is 35.5. The summed E-state index contributed by atoms with van der Waals surface area (Å²) in [4.78, 5) is 0. The maximum atomic E-state index is 9.50. The normalized spacial score (nSPS) is 13.6. The number of rotatable bonds is 3. The average molecular weight is 256 g/mol. The molecule has 0 fully saturated rings. The van der Waals surface area contributed by atoms with E-state index >= 15 is 0 Å². The molecular weight excluding hydrogens is 242 g/mol. The first-order valence-corrected chi connectivity index (χ1v) is 6.24. The number of halogens is 1. The molecule has 2 aromatic rings. The first-order chi connectivity index (χ1) is 8.65. The topological polar surface area (TPSA) is 23.8 Å². The highest BCUT2D eigenvalue weighted by Gasteiger charge is 2.27. The first kappa shape index (κ1) is 12.7. The van der Waals surface area contributed by atoms with Crippen molar-refractivity contribution in [3.8, 4) is 6.07 Å². The minimum absolute atomic E-state index is 0.549. The van der Waals surface area contributed by atoms with E-state index in [4.69, 9.17) is 11.6 Å². The van der Waals surface area contributed by atoms with Crippen LogP contribution in [0, 0.1) is 11.3 Å². The zero-order valence-electron chi connectivity index (χ0n) is 10.2. The quantitative estimate of drug-likeness (QED) is 0.799. The molecule has 1 nitrogen and oxygen atoms in total. The van der Waals surface area contributed by atoms with Gasteiger partial charge in [-0.25, -0.2) is 0 Å². The molecule has 0 radical (unpaired) electrons. The molecule has 0 N–H and O–H groups in total. The molecule has 0 spiro atoms. The Bertz CT molecular complexity index is 571. The second-order valence-electron chi connectivity index (χ2n) is 4.58. The third-order valence-electron chi connectivity index (χ3n) is 3.16. The Morgan fingerprint density at radius 3 is 2.28 bits per heavy atom. The molecule has 2 rings (SSSR count). The summed E-state index contributed by atoms with van der Waals surface area (Å²) in [6.07, 6.45) is 0.618. The number of hydrogen-bond donors (Lipinski definition) is 0. The van der Waals surface area contributed by atoms with Crippen molar-refractivity contribution in [2.75, 3.05) is 0 Å². The Morgan fingerprint density at radius 2 is 1.67 bits per heavy atom. The van der Waals surface area contributed by atoms with Crippen molar-refractivity contribution in [2.45, 2.75) is 18.8 Å². The van der Waals surface area contributed by atoms with Crippen molar-refractivity contribution in [1.29, 1.82) is 5.26 Å². The summed E-state index contributed by atoms with van der Waals surface area (Å²) in [5.41, 5.74) is 1.48. The zero-order chi connectivity index (χ0) is 13.0. The molecule has 0 bridgehead atoms. The smallest absolute Gasteiger partial charge is 0.0835 e. The van der Waals surface area contributed by atoms with Crippen LogP contribution in [0.4, 0.5) is 0 Å². The Kier molecular flexibility index (Phi) is 3.69. The molecule has 0 aliphatic heterocycles. The summed E-state index contributed by atoms with van der Waals surface area (Å²) in [7, 11) is 0. The van der Waals surface area contributed by atoms with Gasteiger partial charge in [0.05, 0.1) is 11.5 Å². The highest BCUT2D eigenvalue weighted by molar-refractivity contribution is 6.31. The van der Waals surface area contributed by atoms with Gasteiger partial charge >= 0.3 is 0 Å². The van der Waals surface area contributed by atoms with Gasteiger partial charge in [0, 0.05) is 5.02 Å². The van der Waals surface area contributed by atoms with Gasteiger partial charge in [0.1, 0.15) is 0 Å². The molecule has 0 aromatic heterocycles. The fraction of sp³-hybridized carbons (Fsp3) is 0.188. The molecule has 2 heteroatoms. The molecule has 0 heterocycles. The Morgan fingerprint density at radius 1 is 1.06 bits per heavy atom. The third-order valence-corrected chi connectivity index (χ3v) is 3.53. The minimum atomic E-state index is -0.549. The SMILES string of the molecule is CC(C#N)(Cc1ccccc1Cl)c1ccccc1. The lowest BCUT2D eigenvalue weighted by Gasteiger charge is -2.22. The molecule has 0 aliphatic carbocycles. The molecule has 1 unspecified atom stereocenters. The maximum Gasteiger partial charge on any atom is 0.0835 e. The van der Waals surface area contributed by atoms with E-state index in [1.54, 1.807) is 0 Å². The summed E-state index contributed by atoms with van der Waals surface area (Å²) >= 11 is 6.17. The monoisotopic (exact) mass is 255 g/mol. The lowest BCUT2D eigenvalue weighted by atomic mass is 9.79. The second kappa shape index (κ2) is 5.25. The van der Waals surface area contributed by atoms with Gasteiger partial charge in [-0.15, -0.1) is 0 Å². The van der Waals surface area contributed by atoms with Gasteiger partial charge in [-0.2, -0.15) is 5.26 Å². The molecule has 0 saturated carbocycles. The van der Waals surface area contributed by atoms with Crippen molar-refractivity contribution >= 4 is 11.6 Å². The first-order valence-electron chi connectivity index (χ1n) is 5.86. The molecule has 0 amide bonds. The van der Waals surface area contributed by atoms with Crippen molar-refractivity contribution in [2.24, 2.45) is 0 Å². The van der Waals surface area contributed by atoms with Gasteiger partial charge in [0.25, 0.3) is 0 Å². The standard InChI is InChI=1S/C16H14ClN/c1-16(12-18,14-8-3-2-4-9-14)11-13-7-5-6-10-15(13)17/h2-10H,11H2,1H3. The van der Waals surface area contributed by atoms with Crippen molar-refractivity contribution in [3.63, 3.8) is 0 Å². The van der Waals surface area contributed by atoms with E-state index in [-0.39, 0.29) is 0 Å². The fourth-order valence-corrected chi connectivity index (χ4v) is 2.24. The predicted molar refractivity (Wildman–Crippen MR) is 74.6 cm³/mol. The highest BCUT2D eigenvalue weighted by Crippen LogP contribution is 2.30. The number of nitrogens with zero attached hydrogens (tertiary/aromatic N) is 1. The van der Waals surface area contributed by atoms with E-state index < -0.39 is 5.41 Å². The summed E-state index contributed by atoms with van der Waals surface area (Å²) in [5, 5.41) is 10.2. The number of nitriles is 1. The average Bonchev–Trinajstić information content (AvgIpc) is 2.42. The molecule has 18 heavy (non-hydrogen) atoms. The van der Waals surface area contributed by atoms with Crippen LogP contribution in [-0.4, -0.2) is 0 Å². The Balaban J connectivity index is 2.36. The van der Waals surface area contributed by atoms with E-state index in [9.17, 15) is 5.26 Å². The minimum Gasteiger partial charge on any atom is -0.197 e. The summed E-state index contributed by atoms with van der Waals surface area (Å²) in [6, 6.07) is 19.9. The largest absolute Gasteiger partial charge is 0.197 e. The van der Waals surface area contributed by atoms with Gasteiger partial charge in [-0.1, -0.05) is 60.1 Å². The Labute approximate surface area is 113 Å². The molecule has 1 atom stereocenters. The zero-order valence-corrected chi connectivity index (χ0v) is 11.0. The van der Waals surface area contributed by atoms with Crippen LogP contribution in [0.25, 0.3) is 0 Å². The van der Waals surface area contributed by atoms with Crippen LogP contribution < -0.4 is 0 Å². The Hall–Kier alpha value is -1.78. The summed E-state index contributed by atoms with van der Waals surface area (Å²) < 4.78 is 0. The fourth-order valence-electron chi connectivity index (χ4n) is 2.03. The van der Waals surface area contributed by atoms with Gasteiger partial charge in [0.2, 0.25) is 0 Å². The van der Waals surface area contributed by atoms with Crippen LogP contribution in [0.3, 0.4) is 0 Å².